The van der Waals surface area contributed by atoms with Gasteiger partial charge in [-0.25, -0.2) is 4.98 Å². The molecule has 0 spiro atoms. The van der Waals surface area contributed by atoms with E-state index in [9.17, 15) is 0 Å². The Labute approximate surface area is 469 Å². The van der Waals surface area contributed by atoms with Crippen LogP contribution in [0.25, 0.3) is 148 Å². The first-order valence-electron chi connectivity index (χ1n) is 27.3. The predicted octanol–water partition coefficient (Wildman–Crippen LogP) is 21.5. The lowest BCUT2D eigenvalue weighted by Gasteiger charge is -2.24. The molecule has 12 aromatic carbocycles. The molecule has 15 aromatic rings. The van der Waals surface area contributed by atoms with Crippen molar-refractivity contribution < 1.29 is 0 Å². The number of benzene rings is 12. The summed E-state index contributed by atoms with van der Waals surface area (Å²) in [5, 5.41) is 4.99. The number of hydrogen-bond acceptors (Lipinski definition) is 2. The molecule has 0 bridgehead atoms. The second kappa shape index (κ2) is 20.0. The molecule has 0 unspecified atom stereocenters. The Bertz CT molecular complexity index is 4700. The molecule has 0 atom stereocenters. The lowest BCUT2D eigenvalue weighted by Crippen LogP contribution is -2.01. The molecule has 0 aliphatic heterocycles. The summed E-state index contributed by atoms with van der Waals surface area (Å²) in [5.74, 6) is 0. The molecule has 374 valence electrons. The number of fused-ring (bicyclic) bond motifs is 6. The van der Waals surface area contributed by atoms with Crippen LogP contribution in [-0.2, 0) is 0 Å². The molecule has 15 rings (SSSR count). The van der Waals surface area contributed by atoms with Gasteiger partial charge in [0.15, 0.2) is 0 Å². The lowest BCUT2D eigenvalue weighted by molar-refractivity contribution is 1.18. The van der Waals surface area contributed by atoms with Crippen LogP contribution in [0.15, 0.2) is 303 Å². The van der Waals surface area contributed by atoms with E-state index in [2.05, 4.69) is 308 Å². The molecule has 0 saturated carbocycles. The fourth-order valence-electron chi connectivity index (χ4n) is 12.1. The molecule has 3 aromatic heterocycles. The molecular weight excluding hydrogens is 985 g/mol. The van der Waals surface area contributed by atoms with Gasteiger partial charge >= 0.3 is 0 Å². The average Bonchev–Trinajstić information content (AvgIpc) is 4.28. The number of aromatic nitrogens is 2. The topological polar surface area (TPSA) is 17.8 Å². The van der Waals surface area contributed by atoms with Crippen molar-refractivity contribution in [3.63, 3.8) is 0 Å². The van der Waals surface area contributed by atoms with Gasteiger partial charge in [0.25, 0.3) is 0 Å². The van der Waals surface area contributed by atoms with E-state index in [1.807, 2.05) is 11.3 Å². The molecule has 3 heteroatoms. The Balaban J connectivity index is 1.01. The van der Waals surface area contributed by atoms with Gasteiger partial charge in [-0.2, -0.15) is 0 Å². The largest absolute Gasteiger partial charge is 0.309 e. The van der Waals surface area contributed by atoms with Crippen LogP contribution in [0.4, 0.5) is 0 Å². The minimum atomic E-state index is 0.934. The second-order valence-corrected chi connectivity index (χ2v) is 21.6. The van der Waals surface area contributed by atoms with Crippen LogP contribution in [0.5, 0.6) is 0 Å². The van der Waals surface area contributed by atoms with Crippen LogP contribution in [-0.4, -0.2) is 9.55 Å². The average molecular weight is 1040 g/mol. The van der Waals surface area contributed by atoms with Crippen molar-refractivity contribution in [1.29, 1.82) is 0 Å². The Hall–Kier alpha value is -10.2. The molecule has 0 aliphatic rings. The highest BCUT2D eigenvalue weighted by Gasteiger charge is 2.29. The molecule has 80 heavy (non-hydrogen) atoms. The Morgan fingerprint density at radius 2 is 0.662 bits per heavy atom. The highest BCUT2D eigenvalue weighted by atomic mass is 32.1. The normalized spacial score (nSPS) is 11.5. The summed E-state index contributed by atoms with van der Waals surface area (Å²) in [6.45, 7) is 0. The van der Waals surface area contributed by atoms with E-state index in [0.717, 1.165) is 83.7 Å². The van der Waals surface area contributed by atoms with E-state index < -0.39 is 0 Å². The molecule has 0 fully saturated rings. The predicted molar refractivity (Wildman–Crippen MR) is 340 cm³/mol. The van der Waals surface area contributed by atoms with Crippen LogP contribution < -0.4 is 0 Å². The zero-order valence-electron chi connectivity index (χ0n) is 43.7. The first-order chi connectivity index (χ1) is 39.7. The monoisotopic (exact) mass is 1030 g/mol. The zero-order valence-corrected chi connectivity index (χ0v) is 44.5. The third kappa shape index (κ3) is 8.31. The van der Waals surface area contributed by atoms with Gasteiger partial charge in [-0.1, -0.05) is 261 Å². The summed E-state index contributed by atoms with van der Waals surface area (Å²) in [5.41, 5.74) is 23.8. The van der Waals surface area contributed by atoms with Crippen LogP contribution in [0.2, 0.25) is 0 Å². The summed E-state index contributed by atoms with van der Waals surface area (Å²) in [7, 11) is 0. The number of pyridine rings is 1. The van der Waals surface area contributed by atoms with Crippen molar-refractivity contribution in [1.82, 2.24) is 9.55 Å². The second-order valence-electron chi connectivity index (χ2n) is 20.6. The number of rotatable bonds is 10. The van der Waals surface area contributed by atoms with Crippen LogP contribution >= 0.6 is 11.3 Å². The maximum atomic E-state index is 5.29. The van der Waals surface area contributed by atoms with Crippen LogP contribution in [0.1, 0.15) is 0 Å². The summed E-state index contributed by atoms with van der Waals surface area (Å²) in [4.78, 5) is 5.29. The fourth-order valence-corrected chi connectivity index (χ4v) is 13.2. The number of hydrogen-bond donors (Lipinski definition) is 0. The summed E-state index contributed by atoms with van der Waals surface area (Å²) < 4.78 is 5.17. The smallest absolute Gasteiger partial charge is 0.0715 e. The van der Waals surface area contributed by atoms with Gasteiger partial charge in [0.2, 0.25) is 0 Å². The summed E-state index contributed by atoms with van der Waals surface area (Å²) >= 11 is 1.86. The molecule has 3 heterocycles. The maximum Gasteiger partial charge on any atom is 0.0715 e. The SMILES string of the molecule is c1ccc(-c2cc(-c3ccccc3)nc(-c3ccc(-c4ccc5c6c(-c7ccccc7)c(-c7ccccc7)c(-c7ccccc7)c(-c7ccccc7)c6n(-c6cccc(-c7ccc8c(c7)sc7ccccc78)c6)c5c4)cc3)c2)cc1. The van der Waals surface area contributed by atoms with Gasteiger partial charge in [0.05, 0.1) is 22.4 Å². The van der Waals surface area contributed by atoms with E-state index in [4.69, 9.17) is 4.98 Å². The van der Waals surface area contributed by atoms with Gasteiger partial charge in [-0.3, -0.25) is 0 Å². The van der Waals surface area contributed by atoms with E-state index in [1.165, 1.54) is 64.3 Å². The number of nitrogens with zero attached hydrogens (tertiary/aromatic N) is 2. The molecule has 0 radical (unpaired) electrons. The molecule has 2 nitrogen and oxygen atoms in total. The van der Waals surface area contributed by atoms with E-state index in [-0.39, 0.29) is 0 Å². The molecular formula is C77H50N2S. The molecule has 0 aliphatic carbocycles. The highest BCUT2D eigenvalue weighted by Crippen LogP contribution is 2.54. The van der Waals surface area contributed by atoms with E-state index in [0.29, 0.717) is 0 Å². The van der Waals surface area contributed by atoms with Crippen molar-refractivity contribution in [2.45, 2.75) is 0 Å². The van der Waals surface area contributed by atoms with Crippen molar-refractivity contribution >= 4 is 53.3 Å². The van der Waals surface area contributed by atoms with E-state index >= 15 is 0 Å². The molecule has 0 N–H and O–H groups in total. The van der Waals surface area contributed by atoms with Crippen molar-refractivity contribution in [2.75, 3.05) is 0 Å². The van der Waals surface area contributed by atoms with Crippen molar-refractivity contribution in [3.05, 3.63) is 303 Å². The summed E-state index contributed by atoms with van der Waals surface area (Å²) in [6, 6.07) is 111. The quantitative estimate of drug-likeness (QED) is 0.133. The van der Waals surface area contributed by atoms with Crippen LogP contribution in [0.3, 0.4) is 0 Å². The van der Waals surface area contributed by atoms with E-state index in [1.54, 1.807) is 0 Å². The minimum absolute atomic E-state index is 0.934. The Morgan fingerprint density at radius 3 is 1.27 bits per heavy atom. The number of thiophene rings is 1. The van der Waals surface area contributed by atoms with Gasteiger partial charge in [-0.15, -0.1) is 11.3 Å². The maximum absolute atomic E-state index is 5.29. The standard InChI is InChI=1S/C77H50N2S/c1-7-22-51(23-8-1)62-47-67(53-24-9-2-10-25-53)78-68(48-62)54-40-38-52(39-41-54)60-43-45-66-69(49-60)79(63-35-21-34-59(46-63)61-42-44-65-64-36-19-20-37-70(64)80-71(65)50-61)77-75(58-32-17-6-18-33-58)73(56-28-13-4-14-29-56)72(55-26-11-3-12-27-55)74(76(66)77)57-30-15-5-16-31-57/h1-50H. The first-order valence-corrected chi connectivity index (χ1v) is 28.2. The third-order valence-electron chi connectivity index (χ3n) is 15.8. The lowest BCUT2D eigenvalue weighted by atomic mass is 9.80. The summed E-state index contributed by atoms with van der Waals surface area (Å²) in [6.07, 6.45) is 0. The van der Waals surface area contributed by atoms with Crippen molar-refractivity contribution in [3.8, 4) is 106 Å². The van der Waals surface area contributed by atoms with Gasteiger partial charge in [-0.05, 0) is 104 Å². The van der Waals surface area contributed by atoms with Crippen LogP contribution in [0, 0.1) is 0 Å². The van der Waals surface area contributed by atoms with Gasteiger partial charge in [0, 0.05) is 64.4 Å². The Morgan fingerprint density at radius 1 is 0.250 bits per heavy atom. The highest BCUT2D eigenvalue weighted by molar-refractivity contribution is 7.25. The zero-order chi connectivity index (χ0) is 52.9. The molecule has 0 saturated heterocycles. The minimum Gasteiger partial charge on any atom is -0.309 e. The molecule has 0 amide bonds. The Kier molecular flexibility index (Phi) is 11.8. The fraction of sp³-hybridized carbons (Fsp3) is 0. The third-order valence-corrected chi connectivity index (χ3v) is 16.9. The van der Waals surface area contributed by atoms with Gasteiger partial charge in [0.1, 0.15) is 0 Å². The van der Waals surface area contributed by atoms with Gasteiger partial charge < -0.3 is 4.57 Å². The first kappa shape index (κ1) is 47.1. The van der Waals surface area contributed by atoms with Crippen molar-refractivity contribution in [2.24, 2.45) is 0 Å².